The topological polar surface area (TPSA) is 13.1 Å². The third-order valence-corrected chi connectivity index (χ3v) is 13.3. The van der Waals surface area contributed by atoms with Gasteiger partial charge < -0.3 is 4.42 Å². The number of thiophene rings is 1. The maximum atomic E-state index is 7.12. The number of hydrogen-bond donors (Lipinski definition) is 0. The van der Waals surface area contributed by atoms with Gasteiger partial charge in [0.05, 0.1) is 0 Å². The zero-order valence-corrected chi connectivity index (χ0v) is 33.4. The van der Waals surface area contributed by atoms with E-state index in [0.717, 1.165) is 49.8 Å². The molecule has 2 heteroatoms. The Bertz CT molecular complexity index is 3510. The van der Waals surface area contributed by atoms with Crippen LogP contribution in [0.5, 0.6) is 0 Å². The average molecular weight is 781 g/mol. The lowest BCUT2D eigenvalue weighted by atomic mass is 9.84. The molecule has 10 aromatic carbocycles. The highest BCUT2D eigenvalue weighted by Gasteiger charge is 2.23. The molecular weight excluding hydrogens is 745 g/mol. The normalized spacial score (nSPS) is 11.7. The van der Waals surface area contributed by atoms with Crippen molar-refractivity contribution in [3.8, 4) is 66.1 Å². The summed E-state index contributed by atoms with van der Waals surface area (Å²) in [6, 6.07) is 79.2. The van der Waals surface area contributed by atoms with Crippen LogP contribution in [-0.4, -0.2) is 0 Å². The molecule has 0 atom stereocenters. The number of para-hydroxylation sites is 1. The van der Waals surface area contributed by atoms with E-state index in [2.05, 4.69) is 218 Å². The van der Waals surface area contributed by atoms with Gasteiger partial charge in [0.1, 0.15) is 11.2 Å². The van der Waals surface area contributed by atoms with Gasteiger partial charge in [-0.2, -0.15) is 0 Å². The summed E-state index contributed by atoms with van der Waals surface area (Å²) in [6.45, 7) is 0. The first-order valence-electron chi connectivity index (χ1n) is 20.5. The van der Waals surface area contributed by atoms with Crippen LogP contribution in [-0.2, 0) is 0 Å². The van der Waals surface area contributed by atoms with Crippen LogP contribution in [0, 0.1) is 0 Å². The smallest absolute Gasteiger partial charge is 0.143 e. The summed E-state index contributed by atoms with van der Waals surface area (Å²) in [5.74, 6) is 0. The van der Waals surface area contributed by atoms with Gasteiger partial charge in [0.2, 0.25) is 0 Å². The van der Waals surface area contributed by atoms with Crippen LogP contribution in [0.4, 0.5) is 0 Å². The molecule has 0 radical (unpaired) electrons. The van der Waals surface area contributed by atoms with Gasteiger partial charge in [0, 0.05) is 36.9 Å². The molecule has 0 bridgehead atoms. The molecule has 0 amide bonds. The Morgan fingerprint density at radius 2 is 0.817 bits per heavy atom. The van der Waals surface area contributed by atoms with Crippen molar-refractivity contribution in [2.45, 2.75) is 0 Å². The van der Waals surface area contributed by atoms with Gasteiger partial charge in [-0.05, 0) is 95.9 Å². The first-order chi connectivity index (χ1) is 29.8. The van der Waals surface area contributed by atoms with Crippen LogP contribution >= 0.6 is 11.3 Å². The van der Waals surface area contributed by atoms with E-state index in [1.54, 1.807) is 0 Å². The van der Waals surface area contributed by atoms with E-state index in [1.165, 1.54) is 69.9 Å². The number of hydrogen-bond acceptors (Lipinski definition) is 2. The molecule has 280 valence electrons. The van der Waals surface area contributed by atoms with Crippen LogP contribution in [0.1, 0.15) is 0 Å². The molecule has 0 unspecified atom stereocenters. The van der Waals surface area contributed by atoms with Crippen molar-refractivity contribution in [3.05, 3.63) is 218 Å². The molecule has 0 aliphatic carbocycles. The summed E-state index contributed by atoms with van der Waals surface area (Å²) in [7, 11) is 0. The van der Waals surface area contributed by atoms with Gasteiger partial charge in [-0.1, -0.05) is 194 Å². The number of benzene rings is 10. The zero-order valence-electron chi connectivity index (χ0n) is 32.6. The second-order valence-electron chi connectivity index (χ2n) is 15.5. The molecular formula is C58H36OS. The fraction of sp³-hybridized carbons (Fsp3) is 0. The minimum Gasteiger partial charge on any atom is -0.455 e. The highest BCUT2D eigenvalue weighted by Crippen LogP contribution is 2.50. The second-order valence-corrected chi connectivity index (χ2v) is 16.6. The van der Waals surface area contributed by atoms with E-state index < -0.39 is 0 Å². The van der Waals surface area contributed by atoms with Crippen molar-refractivity contribution in [1.82, 2.24) is 0 Å². The maximum Gasteiger partial charge on any atom is 0.143 e. The molecule has 2 heterocycles. The van der Waals surface area contributed by atoms with Gasteiger partial charge in [0.15, 0.2) is 0 Å². The van der Waals surface area contributed by atoms with Crippen molar-refractivity contribution in [2.75, 3.05) is 0 Å². The third kappa shape index (κ3) is 5.53. The Labute approximate surface area is 352 Å². The number of fused-ring (bicyclic) bond motifs is 6. The summed E-state index contributed by atoms with van der Waals surface area (Å²) in [5, 5.41) is 8.39. The molecule has 12 aromatic rings. The lowest BCUT2D eigenvalue weighted by molar-refractivity contribution is 0.670. The number of rotatable bonds is 6. The van der Waals surface area contributed by atoms with E-state index in [-0.39, 0.29) is 0 Å². The molecule has 0 saturated carbocycles. The van der Waals surface area contributed by atoms with E-state index >= 15 is 0 Å². The summed E-state index contributed by atoms with van der Waals surface area (Å²) >= 11 is 1.86. The van der Waals surface area contributed by atoms with Crippen LogP contribution in [0.3, 0.4) is 0 Å². The van der Waals surface area contributed by atoms with Crippen molar-refractivity contribution < 1.29 is 4.42 Å². The quantitative estimate of drug-likeness (QED) is 0.153. The van der Waals surface area contributed by atoms with Gasteiger partial charge in [0.25, 0.3) is 0 Å². The largest absolute Gasteiger partial charge is 0.455 e. The Kier molecular flexibility index (Phi) is 8.11. The highest BCUT2D eigenvalue weighted by molar-refractivity contribution is 7.23. The molecule has 12 rings (SSSR count). The van der Waals surface area contributed by atoms with Crippen molar-refractivity contribution >= 4 is 64.9 Å². The predicted octanol–water partition coefficient (Wildman–Crippen LogP) is 17.1. The predicted molar refractivity (Wildman–Crippen MR) is 257 cm³/mol. The first kappa shape index (κ1) is 34.5. The minimum atomic E-state index is 0.875. The van der Waals surface area contributed by atoms with Crippen LogP contribution in [0.25, 0.3) is 120 Å². The second kappa shape index (κ2) is 14.1. The summed E-state index contributed by atoms with van der Waals surface area (Å²) in [5.41, 5.74) is 14.8. The molecule has 0 spiro atoms. The first-order valence-corrected chi connectivity index (χ1v) is 21.3. The SMILES string of the molecule is c1ccc(-c2sc3ccc(-c4cc(-c5c6ccccc6c(-c6ccccc6)c6ccccc56)c5c(c4)oc4c(-c6ccccc6)cccc45)cc3c2-c2ccccc2)cc1. The lowest BCUT2D eigenvalue weighted by Gasteiger charge is -2.19. The Morgan fingerprint density at radius 1 is 0.300 bits per heavy atom. The summed E-state index contributed by atoms with van der Waals surface area (Å²) in [6.07, 6.45) is 0. The number of furan rings is 1. The molecule has 0 aliphatic rings. The minimum absolute atomic E-state index is 0.875. The molecule has 2 aromatic heterocycles. The molecule has 0 saturated heterocycles. The molecule has 0 N–H and O–H groups in total. The molecule has 1 nitrogen and oxygen atoms in total. The zero-order chi connectivity index (χ0) is 39.6. The van der Waals surface area contributed by atoms with Gasteiger partial charge in [-0.15, -0.1) is 11.3 Å². The fourth-order valence-electron chi connectivity index (χ4n) is 9.43. The Hall–Kier alpha value is -7.52. The Balaban J connectivity index is 1.19. The average Bonchev–Trinajstić information content (AvgIpc) is 3.90. The third-order valence-electron chi connectivity index (χ3n) is 12.1. The standard InChI is InChI=1S/C58H36OS/c1-5-18-37(19-6-1)43-30-17-31-48-56-50(55-46-28-15-13-26-44(46)53(38-20-7-2-8-21-38)45-27-14-16-29-47(45)55)35-42(36-51(56)59-57(43)48)41-32-33-52-49(34-41)54(39-22-9-3-10-23-39)58(60-52)40-24-11-4-12-25-40/h1-36H. The van der Waals surface area contributed by atoms with Gasteiger partial charge >= 0.3 is 0 Å². The van der Waals surface area contributed by atoms with E-state index in [9.17, 15) is 0 Å². The lowest BCUT2D eigenvalue weighted by Crippen LogP contribution is -1.92. The Morgan fingerprint density at radius 3 is 1.43 bits per heavy atom. The fourth-order valence-corrected chi connectivity index (χ4v) is 10.6. The van der Waals surface area contributed by atoms with Crippen molar-refractivity contribution in [3.63, 3.8) is 0 Å². The van der Waals surface area contributed by atoms with E-state index in [4.69, 9.17) is 4.42 Å². The van der Waals surface area contributed by atoms with E-state index in [1.807, 2.05) is 11.3 Å². The van der Waals surface area contributed by atoms with Gasteiger partial charge in [-0.25, -0.2) is 0 Å². The maximum absolute atomic E-state index is 7.12. The van der Waals surface area contributed by atoms with Crippen molar-refractivity contribution in [1.29, 1.82) is 0 Å². The molecule has 0 fully saturated rings. The van der Waals surface area contributed by atoms with Crippen LogP contribution in [0.2, 0.25) is 0 Å². The highest BCUT2D eigenvalue weighted by atomic mass is 32.1. The monoisotopic (exact) mass is 780 g/mol. The van der Waals surface area contributed by atoms with Gasteiger partial charge in [-0.3, -0.25) is 0 Å². The molecule has 0 aliphatic heterocycles. The van der Waals surface area contributed by atoms with Crippen LogP contribution < -0.4 is 0 Å². The summed E-state index contributed by atoms with van der Waals surface area (Å²) < 4.78 is 8.39. The van der Waals surface area contributed by atoms with Crippen LogP contribution in [0.15, 0.2) is 223 Å². The van der Waals surface area contributed by atoms with E-state index in [0.29, 0.717) is 0 Å². The van der Waals surface area contributed by atoms with Crippen molar-refractivity contribution in [2.24, 2.45) is 0 Å². The molecule has 60 heavy (non-hydrogen) atoms. The summed E-state index contributed by atoms with van der Waals surface area (Å²) in [4.78, 5) is 1.28.